The monoisotopic (exact) mass is 221 g/mol. The fourth-order valence-electron chi connectivity index (χ4n) is 1.75. The average molecular weight is 221 g/mol. The molecule has 0 aliphatic heterocycles. The van der Waals surface area contributed by atoms with E-state index in [2.05, 4.69) is 57.8 Å². The van der Waals surface area contributed by atoms with Gasteiger partial charge in [0.15, 0.2) is 0 Å². The van der Waals surface area contributed by atoms with Crippen LogP contribution in [-0.4, -0.2) is 25.3 Å². The minimum Gasteiger partial charge on any atom is -0.396 e. The molecular weight excluding hydrogens is 198 g/mol. The quantitative estimate of drug-likeness (QED) is 0.845. The Hall–Kier alpha value is -1.02. The summed E-state index contributed by atoms with van der Waals surface area (Å²) in [5, 5.41) is 9.26. The van der Waals surface area contributed by atoms with Crippen molar-refractivity contribution >= 4 is 5.69 Å². The molecule has 0 fully saturated rings. The van der Waals surface area contributed by atoms with E-state index in [1.165, 1.54) is 16.8 Å². The second-order valence-corrected chi connectivity index (χ2v) is 5.45. The first-order chi connectivity index (χ1) is 7.35. The third kappa shape index (κ3) is 3.24. The highest BCUT2D eigenvalue weighted by Gasteiger charge is 2.19. The molecule has 0 spiro atoms. The van der Waals surface area contributed by atoms with Crippen molar-refractivity contribution in [1.29, 1.82) is 0 Å². The lowest BCUT2D eigenvalue weighted by Crippen LogP contribution is -2.33. The largest absolute Gasteiger partial charge is 0.396 e. The van der Waals surface area contributed by atoms with Gasteiger partial charge in [0.25, 0.3) is 0 Å². The van der Waals surface area contributed by atoms with Gasteiger partial charge in [-0.05, 0) is 37.1 Å². The maximum Gasteiger partial charge on any atom is 0.0499 e. The Balaban J connectivity index is 2.81. The Morgan fingerprint density at radius 1 is 1.19 bits per heavy atom. The van der Waals surface area contributed by atoms with E-state index in [4.69, 9.17) is 0 Å². The van der Waals surface area contributed by atoms with Crippen molar-refractivity contribution in [1.82, 2.24) is 0 Å². The molecule has 1 aromatic carbocycles. The van der Waals surface area contributed by atoms with E-state index >= 15 is 0 Å². The third-order valence-electron chi connectivity index (χ3n) is 3.02. The topological polar surface area (TPSA) is 23.5 Å². The van der Waals surface area contributed by atoms with Crippen molar-refractivity contribution in [2.45, 2.75) is 27.7 Å². The highest BCUT2D eigenvalue weighted by molar-refractivity contribution is 5.50. The van der Waals surface area contributed by atoms with E-state index in [1.54, 1.807) is 0 Å². The zero-order valence-corrected chi connectivity index (χ0v) is 11.0. The molecule has 0 aliphatic carbocycles. The van der Waals surface area contributed by atoms with Crippen LogP contribution in [0.3, 0.4) is 0 Å². The highest BCUT2D eigenvalue weighted by atomic mass is 16.3. The fraction of sp³-hybridized carbons (Fsp3) is 0.571. The minimum atomic E-state index is -0.0620. The minimum absolute atomic E-state index is 0.0620. The molecule has 0 aliphatic rings. The van der Waals surface area contributed by atoms with Crippen LogP contribution >= 0.6 is 0 Å². The van der Waals surface area contributed by atoms with Crippen molar-refractivity contribution in [3.63, 3.8) is 0 Å². The lowest BCUT2D eigenvalue weighted by atomic mass is 9.94. The Morgan fingerprint density at radius 3 is 2.31 bits per heavy atom. The number of hydrogen-bond acceptors (Lipinski definition) is 2. The molecule has 0 radical (unpaired) electrons. The maximum atomic E-state index is 9.26. The molecule has 90 valence electrons. The molecule has 0 bridgehead atoms. The van der Waals surface area contributed by atoms with E-state index in [-0.39, 0.29) is 12.0 Å². The SMILES string of the molecule is Cc1ccc(N(C)CC(C)(C)CO)cc1C. The van der Waals surface area contributed by atoms with Crippen LogP contribution in [-0.2, 0) is 0 Å². The second kappa shape index (κ2) is 4.88. The van der Waals surface area contributed by atoms with Crippen molar-refractivity contribution < 1.29 is 5.11 Å². The molecule has 0 aromatic heterocycles. The van der Waals surface area contributed by atoms with Gasteiger partial charge in [-0.2, -0.15) is 0 Å². The number of hydrogen-bond donors (Lipinski definition) is 1. The first-order valence-corrected chi connectivity index (χ1v) is 5.75. The van der Waals surface area contributed by atoms with Gasteiger partial charge in [0.2, 0.25) is 0 Å². The summed E-state index contributed by atoms with van der Waals surface area (Å²) in [4.78, 5) is 2.20. The number of aliphatic hydroxyl groups excluding tert-OH is 1. The zero-order valence-electron chi connectivity index (χ0n) is 11.0. The van der Waals surface area contributed by atoms with Gasteiger partial charge < -0.3 is 10.0 Å². The summed E-state index contributed by atoms with van der Waals surface area (Å²) in [6, 6.07) is 6.48. The molecule has 16 heavy (non-hydrogen) atoms. The number of anilines is 1. The normalized spacial score (nSPS) is 11.6. The lowest BCUT2D eigenvalue weighted by molar-refractivity contribution is 0.165. The van der Waals surface area contributed by atoms with Gasteiger partial charge in [-0.25, -0.2) is 0 Å². The van der Waals surface area contributed by atoms with E-state index in [9.17, 15) is 5.11 Å². The summed E-state index contributed by atoms with van der Waals surface area (Å²) in [5.74, 6) is 0. The summed E-state index contributed by atoms with van der Waals surface area (Å²) in [7, 11) is 2.07. The number of aliphatic hydroxyl groups is 1. The molecule has 2 nitrogen and oxygen atoms in total. The summed E-state index contributed by atoms with van der Waals surface area (Å²) in [5.41, 5.74) is 3.78. The molecule has 1 N–H and O–H groups in total. The molecule has 0 atom stereocenters. The second-order valence-electron chi connectivity index (χ2n) is 5.45. The van der Waals surface area contributed by atoms with Crippen LogP contribution in [0.1, 0.15) is 25.0 Å². The third-order valence-corrected chi connectivity index (χ3v) is 3.02. The summed E-state index contributed by atoms with van der Waals surface area (Å²) < 4.78 is 0. The first-order valence-electron chi connectivity index (χ1n) is 5.75. The van der Waals surface area contributed by atoms with Gasteiger partial charge in [-0.15, -0.1) is 0 Å². The Kier molecular flexibility index (Phi) is 3.98. The van der Waals surface area contributed by atoms with Crippen molar-refractivity contribution in [2.24, 2.45) is 5.41 Å². The van der Waals surface area contributed by atoms with E-state index in [0.717, 1.165) is 6.54 Å². The maximum absolute atomic E-state index is 9.26. The van der Waals surface area contributed by atoms with Gasteiger partial charge in [0.1, 0.15) is 0 Å². The molecule has 0 saturated heterocycles. The Bertz CT molecular complexity index is 358. The molecule has 0 heterocycles. The predicted molar refractivity (Wildman–Crippen MR) is 70.1 cm³/mol. The number of benzene rings is 1. The Labute approximate surface area is 98.9 Å². The predicted octanol–water partition coefficient (Wildman–Crippen LogP) is 2.76. The van der Waals surface area contributed by atoms with Crippen molar-refractivity contribution in [2.75, 3.05) is 25.1 Å². The van der Waals surface area contributed by atoms with Crippen molar-refractivity contribution in [3.8, 4) is 0 Å². The van der Waals surface area contributed by atoms with Crippen LogP contribution in [0, 0.1) is 19.3 Å². The number of nitrogens with zero attached hydrogens (tertiary/aromatic N) is 1. The number of rotatable bonds is 4. The lowest BCUT2D eigenvalue weighted by Gasteiger charge is -2.30. The summed E-state index contributed by atoms with van der Waals surface area (Å²) >= 11 is 0. The van der Waals surface area contributed by atoms with Gasteiger partial charge in [-0.3, -0.25) is 0 Å². The van der Waals surface area contributed by atoms with Crippen LogP contribution in [0.5, 0.6) is 0 Å². The van der Waals surface area contributed by atoms with Crippen LogP contribution in [0.25, 0.3) is 0 Å². The zero-order chi connectivity index (χ0) is 12.3. The molecule has 0 unspecified atom stereocenters. The van der Waals surface area contributed by atoms with Crippen LogP contribution in [0.15, 0.2) is 18.2 Å². The average Bonchev–Trinajstić information content (AvgIpc) is 2.21. The van der Waals surface area contributed by atoms with Gasteiger partial charge in [-0.1, -0.05) is 19.9 Å². The van der Waals surface area contributed by atoms with Crippen LogP contribution in [0.4, 0.5) is 5.69 Å². The molecule has 1 aromatic rings. The molecular formula is C14H23NO. The number of aryl methyl sites for hydroxylation is 2. The smallest absolute Gasteiger partial charge is 0.0499 e. The molecule has 2 heteroatoms. The van der Waals surface area contributed by atoms with Crippen LogP contribution in [0.2, 0.25) is 0 Å². The van der Waals surface area contributed by atoms with Gasteiger partial charge >= 0.3 is 0 Å². The fourth-order valence-corrected chi connectivity index (χ4v) is 1.75. The molecule has 0 saturated carbocycles. The molecule has 0 amide bonds. The summed E-state index contributed by atoms with van der Waals surface area (Å²) in [6.45, 7) is 9.46. The highest BCUT2D eigenvalue weighted by Crippen LogP contribution is 2.22. The Morgan fingerprint density at radius 2 is 1.81 bits per heavy atom. The first kappa shape index (κ1) is 13.0. The van der Waals surface area contributed by atoms with E-state index in [1.807, 2.05) is 0 Å². The van der Waals surface area contributed by atoms with Gasteiger partial charge in [0.05, 0.1) is 0 Å². The van der Waals surface area contributed by atoms with E-state index in [0.29, 0.717) is 0 Å². The standard InChI is InChI=1S/C14H23NO/c1-11-6-7-13(8-12(11)2)15(5)9-14(3,4)10-16/h6-8,16H,9-10H2,1-5H3. The van der Waals surface area contributed by atoms with E-state index < -0.39 is 0 Å². The van der Waals surface area contributed by atoms with Gasteiger partial charge in [0, 0.05) is 31.3 Å². The summed E-state index contributed by atoms with van der Waals surface area (Å²) in [6.07, 6.45) is 0. The van der Waals surface area contributed by atoms with Crippen LogP contribution < -0.4 is 4.90 Å². The van der Waals surface area contributed by atoms with Crippen molar-refractivity contribution in [3.05, 3.63) is 29.3 Å². The molecule has 1 rings (SSSR count).